The van der Waals surface area contributed by atoms with Crippen LogP contribution in [-0.2, 0) is 4.74 Å². The van der Waals surface area contributed by atoms with Gasteiger partial charge in [-0.1, -0.05) is 24.8 Å². The molecule has 0 rings (SSSR count). The summed E-state index contributed by atoms with van der Waals surface area (Å²) in [5.74, 6) is 0. The Kier molecular flexibility index (Phi) is 6.64. The van der Waals surface area contributed by atoms with Crippen molar-refractivity contribution in [2.45, 2.75) is 13.3 Å². The van der Waals surface area contributed by atoms with Gasteiger partial charge in [0, 0.05) is 12.0 Å². The number of ether oxygens (including phenoxy) is 1. The molecule has 0 bridgehead atoms. The molecule has 1 N–H and O–H groups in total. The van der Waals surface area contributed by atoms with Gasteiger partial charge in [-0.05, 0) is 6.42 Å². The number of nitrogens with one attached hydrogen (secondary N) is 1. The third kappa shape index (κ3) is 4.58. The van der Waals surface area contributed by atoms with Crippen molar-refractivity contribution in [3.05, 3.63) is 11.0 Å². The highest BCUT2D eigenvalue weighted by Gasteiger charge is 1.92. The summed E-state index contributed by atoms with van der Waals surface area (Å²) in [6.45, 7) is 2.69. The molecule has 0 atom stereocenters. The maximum absolute atomic E-state index is 6.83. The molecule has 0 spiro atoms. The number of methoxy groups -OCH3 is 1. The highest BCUT2D eigenvalue weighted by Crippen LogP contribution is 2.12. The van der Waals surface area contributed by atoms with Gasteiger partial charge in [-0.15, -0.1) is 0 Å². The fourth-order valence-corrected chi connectivity index (χ4v) is 1.19. The van der Waals surface area contributed by atoms with Crippen molar-refractivity contribution in [3.8, 4) is 0 Å². The molecule has 0 aliphatic carbocycles. The molecular formula is C7H13NOS. The van der Waals surface area contributed by atoms with Gasteiger partial charge in [-0.3, -0.25) is 0 Å². The zero-order valence-electron chi connectivity index (χ0n) is 6.39. The molecule has 0 amide bonds. The third-order valence-electron chi connectivity index (χ3n) is 0.929. The molecule has 0 radical (unpaired) electrons. The molecule has 10 heavy (non-hydrogen) atoms. The second-order valence-electron chi connectivity index (χ2n) is 1.75. The van der Waals surface area contributed by atoms with Crippen molar-refractivity contribution >= 4 is 17.3 Å². The van der Waals surface area contributed by atoms with Crippen LogP contribution in [0.5, 0.6) is 0 Å². The lowest BCUT2D eigenvalue weighted by molar-refractivity contribution is 0.231. The molecule has 0 aromatic rings. The summed E-state index contributed by atoms with van der Waals surface area (Å²) in [7, 11) is 1.66. The van der Waals surface area contributed by atoms with Crippen molar-refractivity contribution in [1.29, 1.82) is 5.41 Å². The fraction of sp³-hybridized carbons (Fsp3) is 0.571. The predicted molar refractivity (Wildman–Crippen MR) is 46.6 cm³/mol. The number of rotatable bonds is 5. The molecule has 0 aliphatic heterocycles. The highest BCUT2D eigenvalue weighted by atomic mass is 32.2. The van der Waals surface area contributed by atoms with E-state index in [0.717, 1.165) is 11.3 Å². The van der Waals surface area contributed by atoms with Gasteiger partial charge >= 0.3 is 0 Å². The molecular weight excluding hydrogens is 146 g/mol. The quantitative estimate of drug-likeness (QED) is 0.493. The first kappa shape index (κ1) is 9.72. The Labute approximate surface area is 66.2 Å². The van der Waals surface area contributed by atoms with Crippen molar-refractivity contribution in [2.24, 2.45) is 0 Å². The Bertz CT molecular complexity index is 123. The van der Waals surface area contributed by atoms with Crippen LogP contribution in [-0.4, -0.2) is 19.3 Å². The first-order chi connectivity index (χ1) is 4.85. The summed E-state index contributed by atoms with van der Waals surface area (Å²) in [5, 5.41) is 6.83. The summed E-state index contributed by atoms with van der Waals surface area (Å²) in [4.78, 5) is 1.11. The molecule has 0 aromatic heterocycles. The predicted octanol–water partition coefficient (Wildman–Crippen LogP) is 2.27. The lowest BCUT2D eigenvalue weighted by Crippen LogP contribution is -1.89. The maximum Gasteiger partial charge on any atom is 0.0772 e. The van der Waals surface area contributed by atoms with E-state index in [1.807, 2.05) is 0 Å². The molecule has 2 nitrogen and oxygen atoms in total. The standard InChI is InChI=1S/C7H13NOS/c1-3-4-7(5-9-2)10-6-8/h4,6,8H,3,5H2,1-2H3/b7-4-,8-6?. The minimum Gasteiger partial charge on any atom is -0.379 e. The summed E-state index contributed by atoms with van der Waals surface area (Å²) in [6, 6.07) is 0. The first-order valence-corrected chi connectivity index (χ1v) is 4.06. The Hall–Kier alpha value is -0.280. The van der Waals surface area contributed by atoms with E-state index in [9.17, 15) is 0 Å². The highest BCUT2D eigenvalue weighted by molar-refractivity contribution is 8.15. The van der Waals surface area contributed by atoms with Crippen molar-refractivity contribution < 1.29 is 4.74 Å². The number of thioether (sulfide) groups is 1. The van der Waals surface area contributed by atoms with E-state index in [1.165, 1.54) is 17.3 Å². The molecule has 0 fully saturated rings. The second kappa shape index (κ2) is 6.83. The van der Waals surface area contributed by atoms with E-state index in [-0.39, 0.29) is 0 Å². The molecule has 0 aliphatic rings. The number of hydrogen-bond donors (Lipinski definition) is 1. The summed E-state index contributed by atoms with van der Waals surface area (Å²) >= 11 is 1.40. The maximum atomic E-state index is 6.83. The van der Waals surface area contributed by atoms with Crippen molar-refractivity contribution in [2.75, 3.05) is 13.7 Å². The summed E-state index contributed by atoms with van der Waals surface area (Å²) in [6.07, 6.45) is 3.07. The molecule has 0 aromatic carbocycles. The first-order valence-electron chi connectivity index (χ1n) is 3.18. The van der Waals surface area contributed by atoms with Gasteiger partial charge < -0.3 is 10.1 Å². The van der Waals surface area contributed by atoms with Crippen molar-refractivity contribution in [1.82, 2.24) is 0 Å². The van der Waals surface area contributed by atoms with Crippen LogP contribution in [0.25, 0.3) is 0 Å². The lowest BCUT2D eigenvalue weighted by Gasteiger charge is -1.99. The van der Waals surface area contributed by atoms with E-state index in [2.05, 4.69) is 13.0 Å². The van der Waals surface area contributed by atoms with E-state index >= 15 is 0 Å². The third-order valence-corrected chi connectivity index (χ3v) is 1.63. The van der Waals surface area contributed by atoms with Crippen LogP contribution < -0.4 is 0 Å². The molecule has 3 heteroatoms. The van der Waals surface area contributed by atoms with Gasteiger partial charge in [0.25, 0.3) is 0 Å². The van der Waals surface area contributed by atoms with Gasteiger partial charge in [0.2, 0.25) is 0 Å². The molecule has 0 heterocycles. The van der Waals surface area contributed by atoms with E-state index in [0.29, 0.717) is 6.61 Å². The Morgan fingerprint density at radius 3 is 2.80 bits per heavy atom. The topological polar surface area (TPSA) is 33.1 Å². The van der Waals surface area contributed by atoms with Crippen LogP contribution >= 0.6 is 11.8 Å². The average Bonchev–Trinajstić information content (AvgIpc) is 1.90. The van der Waals surface area contributed by atoms with Gasteiger partial charge in [-0.25, -0.2) is 0 Å². The van der Waals surface area contributed by atoms with Gasteiger partial charge in [0.05, 0.1) is 12.2 Å². The minimum absolute atomic E-state index is 0.619. The molecule has 0 saturated carbocycles. The van der Waals surface area contributed by atoms with Crippen LogP contribution in [0.2, 0.25) is 0 Å². The zero-order valence-corrected chi connectivity index (χ0v) is 7.20. The van der Waals surface area contributed by atoms with Gasteiger partial charge in [0.15, 0.2) is 0 Å². The normalized spacial score (nSPS) is 11.6. The van der Waals surface area contributed by atoms with E-state index in [1.54, 1.807) is 7.11 Å². The summed E-state index contributed by atoms with van der Waals surface area (Å²) < 4.78 is 4.92. The Balaban J connectivity index is 3.71. The fourth-order valence-electron chi connectivity index (χ4n) is 0.587. The summed E-state index contributed by atoms with van der Waals surface area (Å²) in [5.41, 5.74) is 1.32. The SMILES string of the molecule is CC/C=C(/COC)SC=N. The van der Waals surface area contributed by atoms with Crippen LogP contribution in [0.3, 0.4) is 0 Å². The Morgan fingerprint density at radius 1 is 1.70 bits per heavy atom. The smallest absolute Gasteiger partial charge is 0.0772 e. The minimum atomic E-state index is 0.619. The van der Waals surface area contributed by atoms with Gasteiger partial charge in [0.1, 0.15) is 0 Å². The monoisotopic (exact) mass is 159 g/mol. The van der Waals surface area contributed by atoms with Crippen LogP contribution in [0.1, 0.15) is 13.3 Å². The molecule has 0 unspecified atom stereocenters. The van der Waals surface area contributed by atoms with Crippen molar-refractivity contribution in [3.63, 3.8) is 0 Å². The Morgan fingerprint density at radius 2 is 2.40 bits per heavy atom. The second-order valence-corrected chi connectivity index (χ2v) is 2.74. The van der Waals surface area contributed by atoms with Crippen LogP contribution in [0, 0.1) is 5.41 Å². The number of allylic oxidation sites excluding steroid dienone is 1. The van der Waals surface area contributed by atoms with Crippen LogP contribution in [0.15, 0.2) is 11.0 Å². The average molecular weight is 159 g/mol. The van der Waals surface area contributed by atoms with Crippen LogP contribution in [0.4, 0.5) is 0 Å². The molecule has 58 valence electrons. The van der Waals surface area contributed by atoms with E-state index in [4.69, 9.17) is 10.1 Å². The van der Waals surface area contributed by atoms with Gasteiger partial charge in [-0.2, -0.15) is 0 Å². The molecule has 0 saturated heterocycles. The number of hydrogen-bond acceptors (Lipinski definition) is 3. The van der Waals surface area contributed by atoms with E-state index < -0.39 is 0 Å². The largest absolute Gasteiger partial charge is 0.379 e. The lowest BCUT2D eigenvalue weighted by atomic mass is 10.4. The zero-order chi connectivity index (χ0) is 7.82.